The first-order valence-electron chi connectivity index (χ1n) is 7.38. The van der Waals surface area contributed by atoms with Gasteiger partial charge in [-0.25, -0.2) is 0 Å². The van der Waals surface area contributed by atoms with Crippen molar-refractivity contribution in [1.29, 1.82) is 0 Å². The second-order valence-electron chi connectivity index (χ2n) is 5.81. The van der Waals surface area contributed by atoms with Gasteiger partial charge in [0.25, 0.3) is 0 Å². The first kappa shape index (κ1) is 13.3. The molecule has 3 rings (SSSR count). The molecule has 0 amide bonds. The highest BCUT2D eigenvalue weighted by Gasteiger charge is 2.38. The summed E-state index contributed by atoms with van der Waals surface area (Å²) in [5.74, 6) is 0.275. The minimum absolute atomic E-state index is 0.240. The molecule has 1 aliphatic rings. The van der Waals surface area contributed by atoms with Gasteiger partial charge >= 0.3 is 0 Å². The lowest BCUT2D eigenvalue weighted by Crippen LogP contribution is -2.90. The van der Waals surface area contributed by atoms with E-state index in [1.165, 1.54) is 11.1 Å². The monoisotopic (exact) mass is 268 g/mol. The van der Waals surface area contributed by atoms with Crippen LogP contribution < -0.4 is 5.32 Å². The summed E-state index contributed by atoms with van der Waals surface area (Å²) in [5.41, 5.74) is 2.61. The predicted molar refractivity (Wildman–Crippen MR) is 80.1 cm³/mol. The van der Waals surface area contributed by atoms with Crippen molar-refractivity contribution in [2.45, 2.75) is 31.5 Å². The molecular weight excluding hydrogens is 246 g/mol. The third-order valence-electron chi connectivity index (χ3n) is 4.52. The summed E-state index contributed by atoms with van der Waals surface area (Å²) >= 11 is 0. The Morgan fingerprint density at radius 1 is 0.900 bits per heavy atom. The SMILES string of the molecule is C[C@H]1[C@H](O)C[C@H](c2ccccc2)[NH2+][C@@H]1c1ccccc1. The van der Waals surface area contributed by atoms with Crippen molar-refractivity contribution in [2.24, 2.45) is 5.92 Å². The van der Waals surface area contributed by atoms with Crippen molar-refractivity contribution < 1.29 is 10.4 Å². The van der Waals surface area contributed by atoms with E-state index in [4.69, 9.17) is 0 Å². The average Bonchev–Trinajstić information content (AvgIpc) is 2.51. The molecule has 104 valence electrons. The summed E-state index contributed by atoms with van der Waals surface area (Å²) in [4.78, 5) is 0. The van der Waals surface area contributed by atoms with Crippen LogP contribution >= 0.6 is 0 Å². The maximum atomic E-state index is 10.4. The molecule has 0 radical (unpaired) electrons. The molecule has 0 spiro atoms. The average molecular weight is 268 g/mol. The fourth-order valence-electron chi connectivity index (χ4n) is 3.26. The molecule has 1 aliphatic heterocycles. The molecule has 2 nitrogen and oxygen atoms in total. The largest absolute Gasteiger partial charge is 0.392 e. The van der Waals surface area contributed by atoms with Crippen LogP contribution in [0.15, 0.2) is 60.7 Å². The quantitative estimate of drug-likeness (QED) is 0.862. The van der Waals surface area contributed by atoms with Gasteiger partial charge in [0, 0.05) is 23.5 Å². The van der Waals surface area contributed by atoms with Gasteiger partial charge in [0.15, 0.2) is 0 Å². The van der Waals surface area contributed by atoms with Crippen LogP contribution in [0.5, 0.6) is 0 Å². The number of hydrogen-bond acceptors (Lipinski definition) is 1. The summed E-state index contributed by atoms with van der Waals surface area (Å²) in [7, 11) is 0. The number of piperidine rings is 1. The molecule has 0 aliphatic carbocycles. The molecule has 0 bridgehead atoms. The van der Waals surface area contributed by atoms with Crippen LogP contribution in [0.3, 0.4) is 0 Å². The van der Waals surface area contributed by atoms with Crippen molar-refractivity contribution in [3.8, 4) is 0 Å². The van der Waals surface area contributed by atoms with Crippen LogP contribution in [-0.2, 0) is 0 Å². The van der Waals surface area contributed by atoms with Crippen molar-refractivity contribution in [3.63, 3.8) is 0 Å². The molecule has 2 heteroatoms. The van der Waals surface area contributed by atoms with Gasteiger partial charge in [0.2, 0.25) is 0 Å². The number of benzene rings is 2. The Bertz CT molecular complexity index is 540. The standard InChI is InChI=1S/C18H21NO/c1-13-17(20)12-16(14-8-4-2-5-9-14)19-18(13)15-10-6-3-7-11-15/h2-11,13,16-20H,12H2,1H3/p+1/t13-,16+,17+,18-/m0/s1. The zero-order valence-electron chi connectivity index (χ0n) is 11.8. The second-order valence-corrected chi connectivity index (χ2v) is 5.81. The molecule has 4 atom stereocenters. The normalized spacial score (nSPS) is 30.1. The smallest absolute Gasteiger partial charge is 0.117 e. The molecule has 1 heterocycles. The molecule has 1 saturated heterocycles. The van der Waals surface area contributed by atoms with E-state index in [1.54, 1.807) is 0 Å². The van der Waals surface area contributed by atoms with E-state index in [-0.39, 0.29) is 12.0 Å². The summed E-state index contributed by atoms with van der Waals surface area (Å²) in [6.45, 7) is 2.15. The molecule has 3 N–H and O–H groups in total. The molecule has 0 unspecified atom stereocenters. The Balaban J connectivity index is 1.87. The third kappa shape index (κ3) is 2.62. The maximum Gasteiger partial charge on any atom is 0.117 e. The first-order chi connectivity index (χ1) is 9.75. The van der Waals surface area contributed by atoms with Crippen molar-refractivity contribution >= 4 is 0 Å². The maximum absolute atomic E-state index is 10.4. The summed E-state index contributed by atoms with van der Waals surface area (Å²) in [6.07, 6.45) is 0.588. The molecule has 0 aromatic heterocycles. The summed E-state index contributed by atoms with van der Waals surface area (Å²) < 4.78 is 0. The highest BCUT2D eigenvalue weighted by molar-refractivity contribution is 5.21. The van der Waals surface area contributed by atoms with E-state index < -0.39 is 0 Å². The molecule has 2 aromatic rings. The number of quaternary nitrogens is 1. The van der Waals surface area contributed by atoms with Gasteiger partial charge in [0.05, 0.1) is 6.10 Å². The molecule has 20 heavy (non-hydrogen) atoms. The highest BCUT2D eigenvalue weighted by atomic mass is 16.3. The first-order valence-corrected chi connectivity index (χ1v) is 7.38. The van der Waals surface area contributed by atoms with Crippen LogP contribution in [-0.4, -0.2) is 11.2 Å². The number of aliphatic hydroxyl groups excluding tert-OH is 1. The highest BCUT2D eigenvalue weighted by Crippen LogP contribution is 2.31. The van der Waals surface area contributed by atoms with Gasteiger partial charge in [0.1, 0.15) is 12.1 Å². The van der Waals surface area contributed by atoms with Crippen LogP contribution in [0.2, 0.25) is 0 Å². The van der Waals surface area contributed by atoms with E-state index in [2.05, 4.69) is 60.8 Å². The summed E-state index contributed by atoms with van der Waals surface area (Å²) in [5, 5.41) is 12.8. The number of hydrogen-bond donors (Lipinski definition) is 2. The molecule has 1 fully saturated rings. The second kappa shape index (κ2) is 5.78. The lowest BCUT2D eigenvalue weighted by Gasteiger charge is -2.36. The van der Waals surface area contributed by atoms with Crippen molar-refractivity contribution in [3.05, 3.63) is 71.8 Å². The number of nitrogens with two attached hydrogens (primary N) is 1. The summed E-state index contributed by atoms with van der Waals surface area (Å²) in [6, 6.07) is 21.7. The fraction of sp³-hybridized carbons (Fsp3) is 0.333. The Kier molecular flexibility index (Phi) is 3.86. The van der Waals surface area contributed by atoms with E-state index in [1.807, 2.05) is 12.1 Å². The van der Waals surface area contributed by atoms with E-state index >= 15 is 0 Å². The minimum atomic E-state index is -0.240. The third-order valence-corrected chi connectivity index (χ3v) is 4.52. The Labute approximate surface area is 120 Å². The van der Waals surface area contributed by atoms with Gasteiger partial charge in [-0.2, -0.15) is 0 Å². The van der Waals surface area contributed by atoms with Gasteiger partial charge in [-0.05, 0) is 0 Å². The van der Waals surface area contributed by atoms with Crippen molar-refractivity contribution in [1.82, 2.24) is 0 Å². The lowest BCUT2D eigenvalue weighted by atomic mass is 9.81. The molecule has 2 aromatic carbocycles. The van der Waals surface area contributed by atoms with Gasteiger partial charge in [-0.15, -0.1) is 0 Å². The zero-order valence-corrected chi connectivity index (χ0v) is 11.8. The van der Waals surface area contributed by atoms with Crippen molar-refractivity contribution in [2.75, 3.05) is 0 Å². The topological polar surface area (TPSA) is 36.8 Å². The van der Waals surface area contributed by atoms with Crippen LogP contribution in [0.1, 0.15) is 36.6 Å². The van der Waals surface area contributed by atoms with E-state index in [0.29, 0.717) is 12.1 Å². The number of rotatable bonds is 2. The molecule has 0 saturated carbocycles. The van der Waals surface area contributed by atoms with Crippen LogP contribution in [0, 0.1) is 5.92 Å². The lowest BCUT2D eigenvalue weighted by molar-refractivity contribution is -0.752. The Morgan fingerprint density at radius 2 is 1.45 bits per heavy atom. The molecular formula is C18H22NO+. The Morgan fingerprint density at radius 3 is 2.05 bits per heavy atom. The van der Waals surface area contributed by atoms with Crippen LogP contribution in [0.25, 0.3) is 0 Å². The van der Waals surface area contributed by atoms with E-state index in [0.717, 1.165) is 6.42 Å². The zero-order chi connectivity index (χ0) is 13.9. The minimum Gasteiger partial charge on any atom is -0.392 e. The van der Waals surface area contributed by atoms with Gasteiger partial charge < -0.3 is 10.4 Å². The fourth-order valence-corrected chi connectivity index (χ4v) is 3.26. The number of aliphatic hydroxyl groups is 1. The van der Waals surface area contributed by atoms with Crippen LogP contribution in [0.4, 0.5) is 0 Å². The van der Waals surface area contributed by atoms with Gasteiger partial charge in [-0.3, -0.25) is 0 Å². The van der Waals surface area contributed by atoms with Gasteiger partial charge in [-0.1, -0.05) is 67.6 Å². The predicted octanol–water partition coefficient (Wildman–Crippen LogP) is 2.43. The van der Waals surface area contributed by atoms with E-state index in [9.17, 15) is 5.11 Å². The Hall–Kier alpha value is -1.64.